The number of aryl methyl sites for hydroxylation is 2. The first-order chi connectivity index (χ1) is 31.8. The van der Waals surface area contributed by atoms with Gasteiger partial charge in [-0.3, -0.25) is 4.57 Å². The fourth-order valence-corrected chi connectivity index (χ4v) is 9.59. The van der Waals surface area contributed by atoms with Crippen molar-refractivity contribution < 1.29 is 0 Å². The number of fused-ring (bicyclic) bond motifs is 6. The van der Waals surface area contributed by atoms with Crippen molar-refractivity contribution >= 4 is 43.6 Å². The van der Waals surface area contributed by atoms with Crippen molar-refractivity contribution in [2.45, 2.75) is 66.2 Å². The second kappa shape index (κ2) is 15.5. The summed E-state index contributed by atoms with van der Waals surface area (Å²) in [6.45, 7) is 17.8. The highest BCUT2D eigenvalue weighted by Crippen LogP contribution is 2.40. The van der Waals surface area contributed by atoms with Gasteiger partial charge in [-0.2, -0.15) is 9.97 Å². The summed E-state index contributed by atoms with van der Waals surface area (Å²) in [5.41, 5.74) is 17.3. The summed E-state index contributed by atoms with van der Waals surface area (Å²) < 4.78 is 4.64. The molecule has 0 atom stereocenters. The maximum Gasteiger partial charge on any atom is 0.238 e. The van der Waals surface area contributed by atoms with Crippen molar-refractivity contribution in [1.82, 2.24) is 24.1 Å². The Morgan fingerprint density at radius 2 is 0.773 bits per heavy atom. The average Bonchev–Trinajstić information content (AvgIpc) is 3.82. The van der Waals surface area contributed by atoms with Crippen molar-refractivity contribution in [3.63, 3.8) is 0 Å². The minimum atomic E-state index is 0.0880. The molecule has 3 aromatic heterocycles. The molecular weight excluding hydrogens is 803 g/mol. The van der Waals surface area contributed by atoms with Crippen molar-refractivity contribution in [1.29, 1.82) is 0 Å². The second-order valence-electron chi connectivity index (χ2n) is 20.0. The monoisotopic (exact) mass is 855 g/mol. The first-order valence-corrected chi connectivity index (χ1v) is 23.0. The summed E-state index contributed by atoms with van der Waals surface area (Å²) in [6, 6.07) is 64.3. The van der Waals surface area contributed by atoms with Crippen LogP contribution in [0.1, 0.15) is 63.8 Å². The highest BCUT2D eigenvalue weighted by atomic mass is 15.2. The van der Waals surface area contributed by atoms with Crippen LogP contribution in [0, 0.1) is 13.8 Å². The van der Waals surface area contributed by atoms with Crippen molar-refractivity contribution in [2.24, 2.45) is 0 Å². The first kappa shape index (κ1) is 41.1. The van der Waals surface area contributed by atoms with Crippen molar-refractivity contribution in [3.05, 3.63) is 198 Å². The van der Waals surface area contributed by atoms with E-state index in [0.29, 0.717) is 17.6 Å². The Balaban J connectivity index is 1.11. The Kier molecular flexibility index (Phi) is 9.67. The number of benzene rings is 8. The molecule has 0 N–H and O–H groups in total. The summed E-state index contributed by atoms with van der Waals surface area (Å²) in [4.78, 5) is 15.5. The molecular formula is C61H53N5. The molecule has 0 aliphatic carbocycles. The molecule has 0 amide bonds. The maximum atomic E-state index is 5.22. The number of hydrogen-bond acceptors (Lipinski definition) is 3. The Hall–Kier alpha value is -7.63. The van der Waals surface area contributed by atoms with Crippen LogP contribution in [0.4, 0.5) is 0 Å². The number of hydrogen-bond donors (Lipinski definition) is 0. The first-order valence-electron chi connectivity index (χ1n) is 23.0. The van der Waals surface area contributed by atoms with E-state index in [1.807, 2.05) is 0 Å². The Morgan fingerprint density at radius 3 is 1.27 bits per heavy atom. The predicted octanol–water partition coefficient (Wildman–Crippen LogP) is 15.9. The lowest BCUT2D eigenvalue weighted by Gasteiger charge is -2.19. The molecule has 11 aromatic rings. The topological polar surface area (TPSA) is 48.5 Å². The Labute approximate surface area is 387 Å². The summed E-state index contributed by atoms with van der Waals surface area (Å²) in [7, 11) is 0. The van der Waals surface area contributed by atoms with E-state index in [1.54, 1.807) is 0 Å². The van der Waals surface area contributed by atoms with Crippen LogP contribution in [-0.2, 0) is 10.8 Å². The van der Waals surface area contributed by atoms with Crippen molar-refractivity contribution in [3.8, 4) is 56.7 Å². The largest absolute Gasteiger partial charge is 0.309 e. The van der Waals surface area contributed by atoms with Crippen LogP contribution in [0.15, 0.2) is 176 Å². The van der Waals surface area contributed by atoms with Gasteiger partial charge in [0.25, 0.3) is 0 Å². The molecule has 0 aliphatic heterocycles. The van der Waals surface area contributed by atoms with Gasteiger partial charge < -0.3 is 4.57 Å². The van der Waals surface area contributed by atoms with Crippen LogP contribution in [-0.4, -0.2) is 24.1 Å². The third kappa shape index (κ3) is 7.25. The second-order valence-corrected chi connectivity index (χ2v) is 20.0. The zero-order valence-electron chi connectivity index (χ0n) is 39.0. The van der Waals surface area contributed by atoms with Crippen LogP contribution in [0.3, 0.4) is 0 Å². The minimum absolute atomic E-state index is 0.0880. The van der Waals surface area contributed by atoms with E-state index in [0.717, 1.165) is 60.8 Å². The molecule has 0 unspecified atom stereocenters. The highest BCUT2D eigenvalue weighted by molar-refractivity contribution is 6.13. The quantitative estimate of drug-likeness (QED) is 0.167. The molecule has 0 aliphatic rings. The van der Waals surface area contributed by atoms with Gasteiger partial charge in [0, 0.05) is 38.4 Å². The van der Waals surface area contributed by atoms with E-state index >= 15 is 0 Å². The molecule has 66 heavy (non-hydrogen) atoms. The van der Waals surface area contributed by atoms with Crippen LogP contribution >= 0.6 is 0 Å². The van der Waals surface area contributed by atoms with E-state index in [1.165, 1.54) is 44.2 Å². The normalized spacial score (nSPS) is 12.2. The molecule has 0 spiro atoms. The van der Waals surface area contributed by atoms with Gasteiger partial charge in [-0.15, -0.1) is 0 Å². The summed E-state index contributed by atoms with van der Waals surface area (Å²) in [5, 5.41) is 4.69. The van der Waals surface area contributed by atoms with E-state index in [-0.39, 0.29) is 10.8 Å². The van der Waals surface area contributed by atoms with Gasteiger partial charge in [-0.1, -0.05) is 168 Å². The van der Waals surface area contributed by atoms with Gasteiger partial charge >= 0.3 is 0 Å². The molecule has 11 rings (SSSR count). The summed E-state index contributed by atoms with van der Waals surface area (Å²) in [6.07, 6.45) is 0. The van der Waals surface area contributed by atoms with Gasteiger partial charge in [-0.25, -0.2) is 4.98 Å². The molecule has 0 radical (unpaired) electrons. The van der Waals surface area contributed by atoms with Gasteiger partial charge in [0.05, 0.1) is 22.1 Å². The third-order valence-corrected chi connectivity index (χ3v) is 13.2. The number of nitrogens with zero attached hydrogens (tertiary/aromatic N) is 5. The fraction of sp³-hybridized carbons (Fsp3) is 0.164. The zero-order chi connectivity index (χ0) is 45.5. The number of aromatic nitrogens is 5. The Bertz CT molecular complexity index is 3490. The van der Waals surface area contributed by atoms with Crippen LogP contribution in [0.2, 0.25) is 0 Å². The van der Waals surface area contributed by atoms with E-state index in [9.17, 15) is 0 Å². The lowest BCUT2D eigenvalue weighted by atomic mass is 9.86. The van der Waals surface area contributed by atoms with Gasteiger partial charge in [0.1, 0.15) is 0 Å². The van der Waals surface area contributed by atoms with Gasteiger partial charge in [0.15, 0.2) is 11.6 Å². The van der Waals surface area contributed by atoms with E-state index in [2.05, 4.69) is 240 Å². The molecule has 5 nitrogen and oxygen atoms in total. The molecule has 0 bridgehead atoms. The SMILES string of the molecule is Cc1cccc(-c2nc(-c3cccc(C)c3)nc(-n3c4ccccc4c4cc(-n5c6ccc(-c7ccc(C(C)(C)C)cc7)cc6c6cc(-c7ccc(C(C)(C)C)cc7)ccc65)ccc43)n2)c1. The molecule has 0 saturated heterocycles. The average molecular weight is 856 g/mol. The van der Waals surface area contributed by atoms with Crippen LogP contribution in [0.5, 0.6) is 0 Å². The van der Waals surface area contributed by atoms with Gasteiger partial charge in [-0.05, 0) is 119 Å². The predicted molar refractivity (Wildman–Crippen MR) is 277 cm³/mol. The lowest BCUT2D eigenvalue weighted by Crippen LogP contribution is -2.10. The number of para-hydroxylation sites is 1. The highest BCUT2D eigenvalue weighted by Gasteiger charge is 2.21. The lowest BCUT2D eigenvalue weighted by molar-refractivity contribution is 0.590. The van der Waals surface area contributed by atoms with Crippen LogP contribution < -0.4 is 0 Å². The maximum absolute atomic E-state index is 5.22. The fourth-order valence-electron chi connectivity index (χ4n) is 9.59. The van der Waals surface area contributed by atoms with E-state index in [4.69, 9.17) is 15.0 Å². The summed E-state index contributed by atoms with van der Waals surface area (Å²) in [5.74, 6) is 1.86. The van der Waals surface area contributed by atoms with Crippen molar-refractivity contribution in [2.75, 3.05) is 0 Å². The molecule has 322 valence electrons. The molecule has 3 heterocycles. The number of rotatable bonds is 6. The smallest absolute Gasteiger partial charge is 0.238 e. The van der Waals surface area contributed by atoms with E-state index < -0.39 is 0 Å². The third-order valence-electron chi connectivity index (χ3n) is 13.2. The minimum Gasteiger partial charge on any atom is -0.309 e. The van der Waals surface area contributed by atoms with Crippen LogP contribution in [0.25, 0.3) is 100 Å². The molecule has 0 fully saturated rings. The Morgan fingerprint density at radius 1 is 0.333 bits per heavy atom. The molecule has 0 saturated carbocycles. The molecule has 5 heteroatoms. The van der Waals surface area contributed by atoms with Gasteiger partial charge in [0.2, 0.25) is 5.95 Å². The zero-order valence-corrected chi connectivity index (χ0v) is 39.0. The standard InChI is InChI=1S/C61H53N5/c1-38-13-11-15-44(33-38)57-62-58(45-16-12-14-39(2)34-45)64-59(63-57)66-53-18-10-9-17-49(53)52-37-48(29-32-56(52)66)65-54-30-23-42(40-19-25-46(26-20-40)60(3,4)5)35-50(54)51-36-43(24-31-55(51)65)41-21-27-47(28-22-41)61(6,7)8/h9-37H,1-8H3. The summed E-state index contributed by atoms with van der Waals surface area (Å²) >= 11 is 0. The molecule has 8 aromatic carbocycles.